The average Bonchev–Trinajstić information content (AvgIpc) is 1.65. The highest BCUT2D eigenvalue weighted by Gasteiger charge is 2.03. The number of hydrogen-bond donors (Lipinski definition) is 0. The van der Waals surface area contributed by atoms with E-state index in [1.807, 2.05) is 11.8 Å². The summed E-state index contributed by atoms with van der Waals surface area (Å²) < 4.78 is 0. The second-order valence-electron chi connectivity index (χ2n) is 1.62. The molecule has 2 heteroatoms. The third-order valence-electron chi connectivity index (χ3n) is 1.02. The van der Waals surface area contributed by atoms with Gasteiger partial charge >= 0.3 is 0 Å². The molecule has 0 radical (unpaired) electrons. The summed E-state index contributed by atoms with van der Waals surface area (Å²) in [4.78, 5) is 0.641. The predicted molar refractivity (Wildman–Crippen MR) is 41.4 cm³/mol. The molecule has 0 aromatic rings. The number of rotatable bonds is 2. The van der Waals surface area contributed by atoms with E-state index in [-0.39, 0.29) is 0 Å². The van der Waals surface area contributed by atoms with Gasteiger partial charge in [-0.3, -0.25) is 0 Å². The molecular weight excluding hydrogens is 172 g/mol. The maximum atomic E-state index is 3.48. The van der Waals surface area contributed by atoms with Crippen LogP contribution < -0.4 is 0 Å². The van der Waals surface area contributed by atoms with Gasteiger partial charge in [0, 0.05) is 10.1 Å². The fourth-order valence-electron chi connectivity index (χ4n) is 0.188. The summed E-state index contributed by atoms with van der Waals surface area (Å²) in [6, 6.07) is 0. The second kappa shape index (κ2) is 3.79. The van der Waals surface area contributed by atoms with Gasteiger partial charge in [-0.2, -0.15) is 11.8 Å². The topological polar surface area (TPSA) is 0 Å². The van der Waals surface area contributed by atoms with E-state index in [1.165, 1.54) is 0 Å². The largest absolute Gasteiger partial charge is 0.161 e. The molecule has 0 aliphatic heterocycles. The van der Waals surface area contributed by atoms with E-state index >= 15 is 0 Å². The first-order valence-electron chi connectivity index (χ1n) is 2.35. The van der Waals surface area contributed by atoms with Crippen molar-refractivity contribution in [3.05, 3.63) is 0 Å². The van der Waals surface area contributed by atoms with Crippen LogP contribution in [0.4, 0.5) is 0 Å². The van der Waals surface area contributed by atoms with Crippen molar-refractivity contribution >= 4 is 27.7 Å². The molecule has 0 saturated carbocycles. The molecule has 0 amide bonds. The molecule has 0 aliphatic carbocycles. The van der Waals surface area contributed by atoms with Crippen molar-refractivity contribution in [3.63, 3.8) is 0 Å². The third kappa shape index (κ3) is 3.42. The van der Waals surface area contributed by atoms with Crippen LogP contribution in [0.2, 0.25) is 0 Å². The summed E-state index contributed by atoms with van der Waals surface area (Å²) in [5, 5.41) is 0.736. The summed E-state index contributed by atoms with van der Waals surface area (Å²) >= 11 is 5.37. The van der Waals surface area contributed by atoms with Crippen molar-refractivity contribution in [2.75, 3.05) is 6.26 Å². The first kappa shape index (κ1) is 7.83. The Balaban J connectivity index is 3.14. The Kier molecular flexibility index (Phi) is 4.24. The van der Waals surface area contributed by atoms with Gasteiger partial charge in [0.1, 0.15) is 0 Å². The highest BCUT2D eigenvalue weighted by Crippen LogP contribution is 2.15. The summed E-state index contributed by atoms with van der Waals surface area (Å²) in [5.41, 5.74) is 0. The molecule has 0 nitrogen and oxygen atoms in total. The van der Waals surface area contributed by atoms with E-state index in [1.54, 1.807) is 0 Å². The maximum Gasteiger partial charge on any atom is 0.0233 e. The lowest BCUT2D eigenvalue weighted by Crippen LogP contribution is -2.06. The van der Waals surface area contributed by atoms with Crippen LogP contribution in [0.1, 0.15) is 13.8 Å². The SMILES string of the molecule is CS[C@H](C)[C@H](C)Br. The monoisotopic (exact) mass is 182 g/mol. The molecule has 0 fully saturated rings. The first-order valence-corrected chi connectivity index (χ1v) is 4.55. The highest BCUT2D eigenvalue weighted by molar-refractivity contribution is 9.09. The average molecular weight is 183 g/mol. The van der Waals surface area contributed by atoms with Crippen LogP contribution in [0.15, 0.2) is 0 Å². The van der Waals surface area contributed by atoms with E-state index in [9.17, 15) is 0 Å². The lowest BCUT2D eigenvalue weighted by atomic mass is 10.4. The van der Waals surface area contributed by atoms with Gasteiger partial charge in [-0.15, -0.1) is 0 Å². The van der Waals surface area contributed by atoms with Gasteiger partial charge in [-0.25, -0.2) is 0 Å². The lowest BCUT2D eigenvalue weighted by molar-refractivity contribution is 0.945. The van der Waals surface area contributed by atoms with Gasteiger partial charge in [-0.1, -0.05) is 29.8 Å². The Morgan fingerprint density at radius 3 is 1.86 bits per heavy atom. The van der Waals surface area contributed by atoms with Gasteiger partial charge in [-0.05, 0) is 6.26 Å². The van der Waals surface area contributed by atoms with E-state index in [0.29, 0.717) is 4.83 Å². The molecule has 0 saturated heterocycles. The van der Waals surface area contributed by atoms with Crippen LogP contribution in [-0.4, -0.2) is 16.3 Å². The van der Waals surface area contributed by atoms with Crippen molar-refractivity contribution < 1.29 is 0 Å². The molecule has 0 spiro atoms. The quantitative estimate of drug-likeness (QED) is 0.592. The third-order valence-corrected chi connectivity index (χ3v) is 3.31. The summed E-state index contributed by atoms with van der Waals surface area (Å²) in [6.45, 7) is 4.38. The van der Waals surface area contributed by atoms with E-state index in [4.69, 9.17) is 0 Å². The van der Waals surface area contributed by atoms with Crippen molar-refractivity contribution in [3.8, 4) is 0 Å². The minimum Gasteiger partial charge on any atom is -0.161 e. The Morgan fingerprint density at radius 2 is 1.86 bits per heavy atom. The Bertz CT molecular complexity index is 45.3. The molecule has 7 heavy (non-hydrogen) atoms. The van der Waals surface area contributed by atoms with E-state index < -0.39 is 0 Å². The molecule has 0 aromatic heterocycles. The van der Waals surface area contributed by atoms with Crippen molar-refractivity contribution in [1.82, 2.24) is 0 Å². The molecule has 44 valence electrons. The fourth-order valence-corrected chi connectivity index (χ4v) is 1.21. The molecular formula is C5H11BrS. The normalized spacial score (nSPS) is 18.9. The molecule has 0 heterocycles. The van der Waals surface area contributed by atoms with Crippen LogP contribution in [0.25, 0.3) is 0 Å². The number of halogens is 1. The molecule has 0 unspecified atom stereocenters. The zero-order valence-corrected chi connectivity index (χ0v) is 7.34. The first-order chi connectivity index (χ1) is 3.18. The van der Waals surface area contributed by atoms with Crippen molar-refractivity contribution in [1.29, 1.82) is 0 Å². The maximum absolute atomic E-state index is 3.48. The minimum atomic E-state index is 0.641. The molecule has 0 rings (SSSR count). The fraction of sp³-hybridized carbons (Fsp3) is 1.00. The van der Waals surface area contributed by atoms with Gasteiger partial charge in [0.05, 0.1) is 0 Å². The van der Waals surface area contributed by atoms with Crippen LogP contribution in [0.3, 0.4) is 0 Å². The highest BCUT2D eigenvalue weighted by atomic mass is 79.9. The zero-order chi connectivity index (χ0) is 5.86. The second-order valence-corrected chi connectivity index (χ2v) is 4.28. The molecule has 0 N–H and O–H groups in total. The summed E-state index contributed by atoms with van der Waals surface area (Å²) in [7, 11) is 0. The summed E-state index contributed by atoms with van der Waals surface area (Å²) in [5.74, 6) is 0. The van der Waals surface area contributed by atoms with Crippen molar-refractivity contribution in [2.45, 2.75) is 23.9 Å². The molecule has 0 bridgehead atoms. The van der Waals surface area contributed by atoms with Gasteiger partial charge < -0.3 is 0 Å². The number of thioether (sulfide) groups is 1. The Hall–Kier alpha value is 0.830. The predicted octanol–water partition coefficient (Wildman–Crippen LogP) is 2.52. The summed E-state index contributed by atoms with van der Waals surface area (Å²) in [6.07, 6.45) is 2.13. The van der Waals surface area contributed by atoms with Gasteiger partial charge in [0.25, 0.3) is 0 Å². The smallest absolute Gasteiger partial charge is 0.0233 e. The minimum absolute atomic E-state index is 0.641. The zero-order valence-electron chi connectivity index (χ0n) is 4.94. The standard InChI is InChI=1S/C5H11BrS/c1-4(6)5(2)7-3/h4-5H,1-3H3/t4-,5+/m0/s1. The number of alkyl halides is 1. The number of hydrogen-bond acceptors (Lipinski definition) is 1. The van der Waals surface area contributed by atoms with E-state index in [2.05, 4.69) is 36.0 Å². The van der Waals surface area contributed by atoms with Crippen LogP contribution in [0.5, 0.6) is 0 Å². The van der Waals surface area contributed by atoms with Crippen LogP contribution in [0, 0.1) is 0 Å². The van der Waals surface area contributed by atoms with Gasteiger partial charge in [0.15, 0.2) is 0 Å². The lowest BCUT2D eigenvalue weighted by Gasteiger charge is -2.08. The van der Waals surface area contributed by atoms with E-state index in [0.717, 1.165) is 5.25 Å². The van der Waals surface area contributed by atoms with Crippen LogP contribution >= 0.6 is 27.7 Å². The van der Waals surface area contributed by atoms with Gasteiger partial charge in [0.2, 0.25) is 0 Å². The van der Waals surface area contributed by atoms with Crippen LogP contribution in [-0.2, 0) is 0 Å². The Morgan fingerprint density at radius 1 is 1.43 bits per heavy atom. The molecule has 2 atom stereocenters. The molecule has 0 aliphatic rings. The van der Waals surface area contributed by atoms with Crippen molar-refractivity contribution in [2.24, 2.45) is 0 Å². The molecule has 0 aromatic carbocycles. The Labute approximate surface area is 58.2 Å².